The molecule has 1 atom stereocenters. The molecule has 4 rings (SSSR count). The first kappa shape index (κ1) is 22.0. The predicted octanol–water partition coefficient (Wildman–Crippen LogP) is 2.41. The highest BCUT2D eigenvalue weighted by Crippen LogP contribution is 2.27. The van der Waals surface area contributed by atoms with E-state index in [0.717, 1.165) is 44.9 Å². The normalized spacial score (nSPS) is 21.3. The van der Waals surface area contributed by atoms with Crippen LogP contribution in [0.15, 0.2) is 34.1 Å². The van der Waals surface area contributed by atoms with Crippen LogP contribution in [0, 0.1) is 0 Å². The number of amides is 1. The number of carbonyl (C=O) groups is 1. The molecule has 1 aliphatic heterocycles. The summed E-state index contributed by atoms with van der Waals surface area (Å²) in [5.74, 6) is -0.220. The van der Waals surface area contributed by atoms with Crippen molar-refractivity contribution < 1.29 is 13.2 Å². The first-order chi connectivity index (χ1) is 14.9. The number of benzene rings is 1. The summed E-state index contributed by atoms with van der Waals surface area (Å²) in [6.07, 6.45) is 9.45. The molecule has 1 aliphatic carbocycles. The van der Waals surface area contributed by atoms with Crippen molar-refractivity contribution in [2.75, 3.05) is 6.54 Å². The zero-order valence-corrected chi connectivity index (χ0v) is 18.7. The van der Waals surface area contributed by atoms with Crippen LogP contribution in [0.25, 0.3) is 10.9 Å². The fourth-order valence-electron chi connectivity index (χ4n) is 4.72. The minimum Gasteiger partial charge on any atom is -0.352 e. The summed E-state index contributed by atoms with van der Waals surface area (Å²) in [7, 11) is -3.63. The van der Waals surface area contributed by atoms with Crippen LogP contribution in [-0.2, 0) is 21.4 Å². The molecule has 0 unspecified atom stereocenters. The van der Waals surface area contributed by atoms with Gasteiger partial charge in [-0.15, -0.1) is 0 Å². The number of sulfonamides is 1. The van der Waals surface area contributed by atoms with Gasteiger partial charge in [0, 0.05) is 30.2 Å². The molecular weight excluding hydrogens is 416 g/mol. The SMILES string of the molecule is C[C@H]1CCCCN1S(=O)(=O)c1ccc2c(cnc(=O)n2CC(=O)NC2CCCCC2)c1. The lowest BCUT2D eigenvalue weighted by Crippen LogP contribution is -2.42. The Hall–Kier alpha value is -2.26. The van der Waals surface area contributed by atoms with Gasteiger partial charge >= 0.3 is 5.69 Å². The van der Waals surface area contributed by atoms with Crippen molar-refractivity contribution in [3.63, 3.8) is 0 Å². The molecule has 1 saturated heterocycles. The number of nitrogens with one attached hydrogen (secondary N) is 1. The Morgan fingerprint density at radius 2 is 1.87 bits per heavy atom. The standard InChI is InChI=1S/C22H30N4O4S/c1-16-7-5-6-12-26(16)31(29,30)19-10-11-20-17(13-19)14-23-22(28)25(20)15-21(27)24-18-8-3-2-4-9-18/h10-11,13-14,16,18H,2-9,12,15H2,1H3,(H,24,27)/t16-/m0/s1. The van der Waals surface area contributed by atoms with Crippen molar-refractivity contribution in [3.8, 4) is 0 Å². The second-order valence-corrected chi connectivity index (χ2v) is 10.6. The second-order valence-electron chi connectivity index (χ2n) is 8.71. The third-order valence-corrected chi connectivity index (χ3v) is 8.46. The van der Waals surface area contributed by atoms with Crippen LogP contribution in [-0.4, -0.2) is 46.8 Å². The molecule has 2 heterocycles. The minimum atomic E-state index is -3.63. The highest BCUT2D eigenvalue weighted by Gasteiger charge is 2.31. The Morgan fingerprint density at radius 3 is 2.61 bits per heavy atom. The Balaban J connectivity index is 1.60. The molecule has 2 aliphatic rings. The summed E-state index contributed by atoms with van der Waals surface area (Å²) in [5, 5.41) is 3.54. The van der Waals surface area contributed by atoms with Gasteiger partial charge in [0.05, 0.1) is 10.4 Å². The van der Waals surface area contributed by atoms with E-state index in [2.05, 4.69) is 10.3 Å². The van der Waals surface area contributed by atoms with Crippen molar-refractivity contribution in [2.45, 2.75) is 81.8 Å². The molecule has 168 valence electrons. The molecule has 2 fully saturated rings. The average Bonchev–Trinajstić information content (AvgIpc) is 2.76. The van der Waals surface area contributed by atoms with Crippen LogP contribution < -0.4 is 11.0 Å². The Bertz CT molecular complexity index is 1120. The van der Waals surface area contributed by atoms with E-state index in [4.69, 9.17) is 0 Å². The zero-order valence-electron chi connectivity index (χ0n) is 17.9. The molecule has 0 spiro atoms. The Kier molecular flexibility index (Phi) is 6.43. The summed E-state index contributed by atoms with van der Waals surface area (Å²) in [6, 6.07) is 4.80. The molecule has 0 bridgehead atoms. The lowest BCUT2D eigenvalue weighted by molar-refractivity contribution is -0.122. The number of aromatic nitrogens is 2. The molecule has 8 nitrogen and oxygen atoms in total. The summed E-state index contributed by atoms with van der Waals surface area (Å²) in [6.45, 7) is 2.32. The monoisotopic (exact) mass is 446 g/mol. The minimum absolute atomic E-state index is 0.0370. The van der Waals surface area contributed by atoms with Crippen molar-refractivity contribution in [2.24, 2.45) is 0 Å². The molecule has 31 heavy (non-hydrogen) atoms. The quantitative estimate of drug-likeness (QED) is 0.760. The van der Waals surface area contributed by atoms with E-state index in [0.29, 0.717) is 17.4 Å². The molecule has 1 N–H and O–H groups in total. The molecule has 1 saturated carbocycles. The second kappa shape index (κ2) is 9.08. The van der Waals surface area contributed by atoms with E-state index in [1.165, 1.54) is 23.3 Å². The highest BCUT2D eigenvalue weighted by molar-refractivity contribution is 7.89. The van der Waals surface area contributed by atoms with E-state index in [1.807, 2.05) is 6.92 Å². The number of piperidine rings is 1. The van der Waals surface area contributed by atoms with Gasteiger partial charge in [-0.2, -0.15) is 4.31 Å². The van der Waals surface area contributed by atoms with Crippen molar-refractivity contribution >= 4 is 26.8 Å². The number of carbonyl (C=O) groups excluding carboxylic acids is 1. The highest BCUT2D eigenvalue weighted by atomic mass is 32.2. The largest absolute Gasteiger partial charge is 0.352 e. The van der Waals surface area contributed by atoms with Crippen LogP contribution in [0.2, 0.25) is 0 Å². The summed E-state index contributed by atoms with van der Waals surface area (Å²) in [4.78, 5) is 29.0. The molecular formula is C22H30N4O4S. The van der Waals surface area contributed by atoms with Crippen LogP contribution in [0.3, 0.4) is 0 Å². The van der Waals surface area contributed by atoms with Gasteiger partial charge in [0.25, 0.3) is 0 Å². The van der Waals surface area contributed by atoms with Crippen molar-refractivity contribution in [1.82, 2.24) is 19.2 Å². The van der Waals surface area contributed by atoms with E-state index < -0.39 is 15.7 Å². The fraction of sp³-hybridized carbons (Fsp3) is 0.591. The van der Waals surface area contributed by atoms with Gasteiger partial charge in [0.2, 0.25) is 15.9 Å². The van der Waals surface area contributed by atoms with Gasteiger partial charge in [0.15, 0.2) is 0 Å². The van der Waals surface area contributed by atoms with Crippen LogP contribution >= 0.6 is 0 Å². The Labute approximate surface area is 182 Å². The first-order valence-corrected chi connectivity index (χ1v) is 12.6. The zero-order chi connectivity index (χ0) is 22.0. The maximum atomic E-state index is 13.2. The maximum absolute atomic E-state index is 13.2. The van der Waals surface area contributed by atoms with Crippen LogP contribution in [0.5, 0.6) is 0 Å². The molecule has 9 heteroatoms. The fourth-order valence-corrected chi connectivity index (χ4v) is 6.46. The summed E-state index contributed by atoms with van der Waals surface area (Å²) >= 11 is 0. The molecule has 1 amide bonds. The van der Waals surface area contributed by atoms with Crippen LogP contribution in [0.4, 0.5) is 0 Å². The molecule has 2 aromatic rings. The van der Waals surface area contributed by atoms with E-state index in [9.17, 15) is 18.0 Å². The van der Waals surface area contributed by atoms with E-state index in [1.54, 1.807) is 16.4 Å². The van der Waals surface area contributed by atoms with Gasteiger partial charge in [-0.1, -0.05) is 25.7 Å². The van der Waals surface area contributed by atoms with Crippen LogP contribution in [0.1, 0.15) is 58.3 Å². The number of hydrogen-bond donors (Lipinski definition) is 1. The van der Waals surface area contributed by atoms with E-state index >= 15 is 0 Å². The lowest BCUT2D eigenvalue weighted by atomic mass is 9.95. The van der Waals surface area contributed by atoms with Gasteiger partial charge < -0.3 is 5.32 Å². The summed E-state index contributed by atoms with van der Waals surface area (Å²) in [5.41, 5.74) is -0.0176. The number of nitrogens with zero attached hydrogens (tertiary/aromatic N) is 3. The van der Waals surface area contributed by atoms with Crippen molar-refractivity contribution in [1.29, 1.82) is 0 Å². The van der Waals surface area contributed by atoms with E-state index in [-0.39, 0.29) is 29.4 Å². The van der Waals surface area contributed by atoms with Gasteiger partial charge in [-0.05, 0) is 50.8 Å². The van der Waals surface area contributed by atoms with Gasteiger partial charge in [-0.3, -0.25) is 9.36 Å². The maximum Gasteiger partial charge on any atom is 0.348 e. The molecule has 0 radical (unpaired) electrons. The topological polar surface area (TPSA) is 101 Å². The average molecular weight is 447 g/mol. The van der Waals surface area contributed by atoms with Crippen molar-refractivity contribution in [3.05, 3.63) is 34.9 Å². The third kappa shape index (κ3) is 4.67. The summed E-state index contributed by atoms with van der Waals surface area (Å²) < 4.78 is 29.2. The van der Waals surface area contributed by atoms with Gasteiger partial charge in [-0.25, -0.2) is 18.2 Å². The smallest absolute Gasteiger partial charge is 0.348 e. The molecule has 1 aromatic heterocycles. The molecule has 1 aromatic carbocycles. The Morgan fingerprint density at radius 1 is 1.13 bits per heavy atom. The first-order valence-electron chi connectivity index (χ1n) is 11.2. The lowest BCUT2D eigenvalue weighted by Gasteiger charge is -2.32. The number of rotatable bonds is 5. The van der Waals surface area contributed by atoms with Gasteiger partial charge in [0.1, 0.15) is 6.54 Å². The third-order valence-electron chi connectivity index (χ3n) is 6.46. The predicted molar refractivity (Wildman–Crippen MR) is 118 cm³/mol. The number of fused-ring (bicyclic) bond motifs is 1. The number of hydrogen-bond acceptors (Lipinski definition) is 5.